The summed E-state index contributed by atoms with van der Waals surface area (Å²) in [7, 11) is 0. The van der Waals surface area contributed by atoms with Gasteiger partial charge in [0.05, 0.1) is 0 Å². The van der Waals surface area contributed by atoms with Gasteiger partial charge in [-0.05, 0) is 53.1 Å². The summed E-state index contributed by atoms with van der Waals surface area (Å²) < 4.78 is 1.10. The average molecular weight is 387 g/mol. The van der Waals surface area contributed by atoms with E-state index >= 15 is 0 Å². The molecule has 1 saturated heterocycles. The first-order valence-electron chi connectivity index (χ1n) is 6.31. The molecule has 0 bridgehead atoms. The highest BCUT2D eigenvalue weighted by molar-refractivity contribution is 14.1. The number of likely N-dealkylation sites (tertiary alicyclic amines) is 1. The number of amides is 2. The molecular formula is C14H14INO4. The molecule has 0 aliphatic carbocycles. The Morgan fingerprint density at radius 3 is 2.25 bits per heavy atom. The molecule has 1 aliphatic rings. The molecule has 106 valence electrons. The maximum absolute atomic E-state index is 11.6. The van der Waals surface area contributed by atoms with Gasteiger partial charge in [0.15, 0.2) is 0 Å². The lowest BCUT2D eigenvalue weighted by atomic mass is 10.0. The number of hydrogen-bond donors (Lipinski definition) is 1. The van der Waals surface area contributed by atoms with E-state index in [2.05, 4.69) is 22.6 Å². The largest absolute Gasteiger partial charge is 0.480 e. The number of carbonyl (C=O) groups excluding carboxylic acids is 2. The van der Waals surface area contributed by atoms with Crippen molar-refractivity contribution in [2.24, 2.45) is 0 Å². The molecule has 1 atom stereocenters. The zero-order valence-electron chi connectivity index (χ0n) is 10.7. The Kier molecular flexibility index (Phi) is 4.74. The van der Waals surface area contributed by atoms with Crippen LogP contribution in [0.1, 0.15) is 24.8 Å². The van der Waals surface area contributed by atoms with Crippen LogP contribution < -0.4 is 0 Å². The molecule has 1 aromatic carbocycles. The van der Waals surface area contributed by atoms with Crippen molar-refractivity contribution < 1.29 is 19.5 Å². The first kappa shape index (κ1) is 15.0. The number of hydrogen-bond acceptors (Lipinski definition) is 3. The van der Waals surface area contributed by atoms with E-state index in [1.807, 2.05) is 24.3 Å². The fourth-order valence-corrected chi connectivity index (χ4v) is 2.62. The molecule has 1 aliphatic heterocycles. The van der Waals surface area contributed by atoms with Gasteiger partial charge in [-0.1, -0.05) is 12.1 Å². The fraction of sp³-hybridized carbons (Fsp3) is 0.357. The van der Waals surface area contributed by atoms with Gasteiger partial charge in [-0.15, -0.1) is 0 Å². The number of rotatable bonds is 5. The van der Waals surface area contributed by atoms with Gasteiger partial charge in [-0.3, -0.25) is 14.5 Å². The molecule has 0 aromatic heterocycles. The van der Waals surface area contributed by atoms with Crippen LogP contribution in [-0.4, -0.2) is 33.8 Å². The minimum absolute atomic E-state index is 0.117. The number of halogens is 1. The van der Waals surface area contributed by atoms with Crippen molar-refractivity contribution in [2.75, 3.05) is 0 Å². The molecule has 0 saturated carbocycles. The first-order valence-corrected chi connectivity index (χ1v) is 7.39. The summed E-state index contributed by atoms with van der Waals surface area (Å²) in [5.74, 6) is -1.89. The molecule has 1 N–H and O–H groups in total. The highest BCUT2D eigenvalue weighted by Crippen LogP contribution is 2.19. The Labute approximate surface area is 130 Å². The van der Waals surface area contributed by atoms with Gasteiger partial charge >= 0.3 is 5.97 Å². The second kappa shape index (κ2) is 6.34. The standard InChI is InChI=1S/C14H14INO4/c15-10-4-1-9(2-5-10)3-6-11(14(19)20)16-12(17)7-8-13(16)18/h1-2,4-5,11H,3,6-8H2,(H,19,20). The van der Waals surface area contributed by atoms with Gasteiger partial charge in [-0.2, -0.15) is 0 Å². The highest BCUT2D eigenvalue weighted by Gasteiger charge is 2.38. The Morgan fingerprint density at radius 1 is 1.20 bits per heavy atom. The van der Waals surface area contributed by atoms with Crippen molar-refractivity contribution in [2.45, 2.75) is 31.7 Å². The van der Waals surface area contributed by atoms with Crippen molar-refractivity contribution in [1.29, 1.82) is 0 Å². The number of carboxylic acid groups (broad SMARTS) is 1. The normalized spacial score (nSPS) is 16.6. The summed E-state index contributed by atoms with van der Waals surface area (Å²) in [4.78, 5) is 35.5. The predicted octanol–water partition coefficient (Wildman–Crippen LogP) is 1.83. The van der Waals surface area contributed by atoms with Crippen LogP contribution in [0.3, 0.4) is 0 Å². The SMILES string of the molecule is O=C(O)C(CCc1ccc(I)cc1)N1C(=O)CCC1=O. The lowest BCUT2D eigenvalue weighted by Gasteiger charge is -2.22. The van der Waals surface area contributed by atoms with E-state index < -0.39 is 12.0 Å². The molecule has 1 aromatic rings. The summed E-state index contributed by atoms with van der Waals surface area (Å²) in [5.41, 5.74) is 0.996. The third-order valence-corrected chi connectivity index (χ3v) is 4.03. The van der Waals surface area contributed by atoms with Crippen LogP contribution in [0.2, 0.25) is 0 Å². The number of benzene rings is 1. The zero-order valence-corrected chi connectivity index (χ0v) is 12.9. The van der Waals surface area contributed by atoms with Crippen LogP contribution in [0.5, 0.6) is 0 Å². The average Bonchev–Trinajstić information content (AvgIpc) is 2.73. The Bertz CT molecular complexity index is 525. The number of imide groups is 1. The van der Waals surface area contributed by atoms with Crippen LogP contribution in [0.25, 0.3) is 0 Å². The van der Waals surface area contributed by atoms with Crippen molar-refractivity contribution in [1.82, 2.24) is 4.90 Å². The third-order valence-electron chi connectivity index (χ3n) is 3.31. The summed E-state index contributed by atoms with van der Waals surface area (Å²) >= 11 is 2.19. The van der Waals surface area contributed by atoms with Crippen LogP contribution >= 0.6 is 22.6 Å². The van der Waals surface area contributed by atoms with Crippen molar-refractivity contribution in [3.63, 3.8) is 0 Å². The Hall–Kier alpha value is -1.44. The van der Waals surface area contributed by atoms with E-state index in [1.54, 1.807) is 0 Å². The lowest BCUT2D eigenvalue weighted by molar-refractivity contribution is -0.154. The Balaban J connectivity index is 2.06. The second-order valence-electron chi connectivity index (χ2n) is 4.68. The quantitative estimate of drug-likeness (QED) is 0.618. The van der Waals surface area contributed by atoms with E-state index in [1.165, 1.54) is 0 Å². The van der Waals surface area contributed by atoms with Gasteiger partial charge in [0.1, 0.15) is 6.04 Å². The van der Waals surface area contributed by atoms with E-state index in [-0.39, 0.29) is 31.1 Å². The number of aliphatic carboxylic acids is 1. The maximum Gasteiger partial charge on any atom is 0.326 e. The van der Waals surface area contributed by atoms with Gasteiger partial charge < -0.3 is 5.11 Å². The summed E-state index contributed by atoms with van der Waals surface area (Å²) in [5, 5.41) is 9.24. The summed E-state index contributed by atoms with van der Waals surface area (Å²) in [6.07, 6.45) is 0.997. The van der Waals surface area contributed by atoms with E-state index in [0.29, 0.717) is 6.42 Å². The van der Waals surface area contributed by atoms with Crippen molar-refractivity contribution in [3.05, 3.63) is 33.4 Å². The number of aryl methyl sites for hydroxylation is 1. The fourth-order valence-electron chi connectivity index (χ4n) is 2.26. The minimum atomic E-state index is -1.13. The molecule has 1 unspecified atom stereocenters. The molecule has 2 rings (SSSR count). The molecule has 0 spiro atoms. The van der Waals surface area contributed by atoms with Gasteiger partial charge in [-0.25, -0.2) is 4.79 Å². The molecular weight excluding hydrogens is 373 g/mol. The highest BCUT2D eigenvalue weighted by atomic mass is 127. The predicted molar refractivity (Wildman–Crippen MR) is 80.0 cm³/mol. The van der Waals surface area contributed by atoms with Crippen LogP contribution in [0.15, 0.2) is 24.3 Å². The first-order chi connectivity index (χ1) is 9.49. The number of carboxylic acids is 1. The zero-order chi connectivity index (χ0) is 14.7. The van der Waals surface area contributed by atoms with E-state index in [4.69, 9.17) is 0 Å². The smallest absolute Gasteiger partial charge is 0.326 e. The molecule has 6 heteroatoms. The summed E-state index contributed by atoms with van der Waals surface area (Å²) in [6, 6.07) is 6.68. The van der Waals surface area contributed by atoms with E-state index in [9.17, 15) is 19.5 Å². The van der Waals surface area contributed by atoms with E-state index in [0.717, 1.165) is 14.0 Å². The number of nitrogens with zero attached hydrogens (tertiary/aromatic N) is 1. The van der Waals surface area contributed by atoms with Crippen LogP contribution in [0.4, 0.5) is 0 Å². The number of carbonyl (C=O) groups is 3. The molecule has 2 amide bonds. The lowest BCUT2D eigenvalue weighted by Crippen LogP contribution is -2.44. The summed E-state index contributed by atoms with van der Waals surface area (Å²) in [6.45, 7) is 0. The van der Waals surface area contributed by atoms with Gasteiger partial charge in [0.2, 0.25) is 11.8 Å². The second-order valence-corrected chi connectivity index (χ2v) is 5.92. The monoisotopic (exact) mass is 387 g/mol. The maximum atomic E-state index is 11.6. The van der Waals surface area contributed by atoms with Crippen molar-refractivity contribution in [3.8, 4) is 0 Å². The van der Waals surface area contributed by atoms with Crippen LogP contribution in [-0.2, 0) is 20.8 Å². The van der Waals surface area contributed by atoms with Crippen molar-refractivity contribution >= 4 is 40.4 Å². The topological polar surface area (TPSA) is 74.7 Å². The van der Waals surface area contributed by atoms with Crippen LogP contribution in [0, 0.1) is 3.57 Å². The molecule has 1 fully saturated rings. The molecule has 1 heterocycles. The van der Waals surface area contributed by atoms with Gasteiger partial charge in [0, 0.05) is 16.4 Å². The minimum Gasteiger partial charge on any atom is -0.480 e. The Morgan fingerprint density at radius 2 is 1.75 bits per heavy atom. The molecule has 0 radical (unpaired) electrons. The van der Waals surface area contributed by atoms with Gasteiger partial charge in [0.25, 0.3) is 0 Å². The third kappa shape index (κ3) is 3.36. The molecule has 20 heavy (non-hydrogen) atoms. The molecule has 5 nitrogen and oxygen atoms in total.